The molecular weight excluding hydrogens is 364 g/mol. The lowest BCUT2D eigenvalue weighted by Gasteiger charge is -2.12. The van der Waals surface area contributed by atoms with Gasteiger partial charge < -0.3 is 9.47 Å². The highest BCUT2D eigenvalue weighted by Crippen LogP contribution is 2.32. The molecule has 1 heterocycles. The van der Waals surface area contributed by atoms with Crippen LogP contribution < -0.4 is 4.74 Å². The van der Waals surface area contributed by atoms with Gasteiger partial charge in [-0.15, -0.1) is 0 Å². The smallest absolute Gasteiger partial charge is 0.337 e. The SMILES string of the molecule is CCOc1ccc(-c2nc3cc(C(=O)OC)ccc3nc2-c2ccccc2)cc1. The number of aromatic nitrogens is 2. The van der Waals surface area contributed by atoms with Gasteiger partial charge in [0.25, 0.3) is 0 Å². The Hall–Kier alpha value is -3.73. The van der Waals surface area contributed by atoms with E-state index in [1.807, 2.05) is 61.5 Å². The van der Waals surface area contributed by atoms with E-state index in [9.17, 15) is 4.79 Å². The van der Waals surface area contributed by atoms with Gasteiger partial charge in [-0.1, -0.05) is 30.3 Å². The molecule has 0 N–H and O–H groups in total. The van der Waals surface area contributed by atoms with Crippen molar-refractivity contribution in [2.24, 2.45) is 0 Å². The maximum absolute atomic E-state index is 11.9. The van der Waals surface area contributed by atoms with Crippen LogP contribution >= 0.6 is 0 Å². The first-order chi connectivity index (χ1) is 14.2. The summed E-state index contributed by atoms with van der Waals surface area (Å²) in [6.07, 6.45) is 0. The zero-order valence-corrected chi connectivity index (χ0v) is 16.3. The van der Waals surface area contributed by atoms with E-state index < -0.39 is 5.97 Å². The molecule has 0 aliphatic rings. The lowest BCUT2D eigenvalue weighted by molar-refractivity contribution is 0.0601. The number of hydrogen-bond acceptors (Lipinski definition) is 5. The molecule has 0 amide bonds. The summed E-state index contributed by atoms with van der Waals surface area (Å²) in [7, 11) is 1.36. The van der Waals surface area contributed by atoms with Crippen LogP contribution in [0, 0.1) is 0 Å². The van der Waals surface area contributed by atoms with Crippen LogP contribution in [0.5, 0.6) is 5.75 Å². The average molecular weight is 384 g/mol. The van der Waals surface area contributed by atoms with Crippen LogP contribution in [0.1, 0.15) is 17.3 Å². The number of esters is 1. The molecule has 0 fully saturated rings. The molecule has 0 atom stereocenters. The zero-order chi connectivity index (χ0) is 20.2. The van der Waals surface area contributed by atoms with Gasteiger partial charge >= 0.3 is 5.97 Å². The molecule has 0 unspecified atom stereocenters. The monoisotopic (exact) mass is 384 g/mol. The molecule has 5 heteroatoms. The van der Waals surface area contributed by atoms with Crippen LogP contribution in [0.3, 0.4) is 0 Å². The van der Waals surface area contributed by atoms with Crippen molar-refractivity contribution in [3.8, 4) is 28.3 Å². The fourth-order valence-electron chi connectivity index (χ4n) is 3.17. The zero-order valence-electron chi connectivity index (χ0n) is 16.3. The molecule has 0 saturated carbocycles. The maximum atomic E-state index is 11.9. The number of hydrogen-bond donors (Lipinski definition) is 0. The second-order valence-corrected chi connectivity index (χ2v) is 6.44. The van der Waals surface area contributed by atoms with Crippen molar-refractivity contribution in [3.63, 3.8) is 0 Å². The minimum atomic E-state index is -0.400. The van der Waals surface area contributed by atoms with Gasteiger partial charge in [-0.3, -0.25) is 0 Å². The molecule has 0 radical (unpaired) electrons. The number of carbonyl (C=O) groups is 1. The number of carbonyl (C=O) groups excluding carboxylic acids is 1. The van der Waals surface area contributed by atoms with Crippen molar-refractivity contribution in [2.75, 3.05) is 13.7 Å². The summed E-state index contributed by atoms with van der Waals surface area (Å²) >= 11 is 0. The Morgan fingerprint density at radius 1 is 0.828 bits per heavy atom. The lowest BCUT2D eigenvalue weighted by atomic mass is 10.0. The quantitative estimate of drug-likeness (QED) is 0.445. The van der Waals surface area contributed by atoms with Gasteiger partial charge in [-0.2, -0.15) is 0 Å². The highest BCUT2D eigenvalue weighted by molar-refractivity contribution is 5.95. The maximum Gasteiger partial charge on any atom is 0.337 e. The lowest BCUT2D eigenvalue weighted by Crippen LogP contribution is -2.02. The van der Waals surface area contributed by atoms with Crippen LogP contribution in [0.15, 0.2) is 72.8 Å². The van der Waals surface area contributed by atoms with Crippen molar-refractivity contribution in [2.45, 2.75) is 6.92 Å². The largest absolute Gasteiger partial charge is 0.494 e. The van der Waals surface area contributed by atoms with E-state index in [2.05, 4.69) is 0 Å². The fourth-order valence-corrected chi connectivity index (χ4v) is 3.17. The Bertz CT molecular complexity index is 1160. The molecule has 0 aliphatic carbocycles. The summed E-state index contributed by atoms with van der Waals surface area (Å²) in [4.78, 5) is 21.6. The number of rotatable bonds is 5. The summed E-state index contributed by atoms with van der Waals surface area (Å²) in [5.41, 5.74) is 5.22. The second-order valence-electron chi connectivity index (χ2n) is 6.44. The van der Waals surface area contributed by atoms with E-state index in [-0.39, 0.29) is 0 Å². The van der Waals surface area contributed by atoms with Crippen molar-refractivity contribution < 1.29 is 14.3 Å². The highest BCUT2D eigenvalue weighted by atomic mass is 16.5. The van der Waals surface area contributed by atoms with Gasteiger partial charge in [-0.05, 0) is 49.4 Å². The third-order valence-corrected chi connectivity index (χ3v) is 4.57. The second kappa shape index (κ2) is 8.10. The molecule has 4 aromatic rings. The number of benzene rings is 3. The number of fused-ring (bicyclic) bond motifs is 1. The molecule has 0 spiro atoms. The molecule has 1 aromatic heterocycles. The first-order valence-corrected chi connectivity index (χ1v) is 9.38. The van der Waals surface area contributed by atoms with E-state index in [0.717, 1.165) is 28.3 Å². The van der Waals surface area contributed by atoms with E-state index in [1.165, 1.54) is 7.11 Å². The minimum Gasteiger partial charge on any atom is -0.494 e. The van der Waals surface area contributed by atoms with E-state index in [1.54, 1.807) is 18.2 Å². The molecular formula is C24H20N2O3. The molecule has 4 rings (SSSR count). The normalized spacial score (nSPS) is 10.7. The van der Waals surface area contributed by atoms with Crippen LogP contribution in [0.25, 0.3) is 33.5 Å². The summed E-state index contributed by atoms with van der Waals surface area (Å²) in [6.45, 7) is 2.57. The minimum absolute atomic E-state index is 0.400. The fraction of sp³-hybridized carbons (Fsp3) is 0.125. The number of methoxy groups -OCH3 is 1. The molecule has 144 valence electrons. The van der Waals surface area contributed by atoms with Gasteiger partial charge in [0.05, 0.1) is 41.7 Å². The topological polar surface area (TPSA) is 61.3 Å². The Morgan fingerprint density at radius 2 is 1.48 bits per heavy atom. The first kappa shape index (κ1) is 18.6. The predicted octanol–water partition coefficient (Wildman–Crippen LogP) is 5.15. The number of nitrogens with zero attached hydrogens (tertiary/aromatic N) is 2. The standard InChI is InChI=1S/C24H20N2O3/c1-3-29-19-12-9-17(10-13-19)23-22(16-7-5-4-6-8-16)25-20-14-11-18(24(27)28-2)15-21(20)26-23/h4-15H,3H2,1-2H3. The Labute approximate surface area is 169 Å². The Balaban J connectivity index is 1.91. The summed E-state index contributed by atoms with van der Waals surface area (Å²) in [5, 5.41) is 0. The van der Waals surface area contributed by atoms with Crippen LogP contribution in [-0.2, 0) is 4.74 Å². The van der Waals surface area contributed by atoms with Crippen LogP contribution in [-0.4, -0.2) is 29.7 Å². The van der Waals surface area contributed by atoms with Crippen molar-refractivity contribution >= 4 is 17.0 Å². The summed E-state index contributed by atoms with van der Waals surface area (Å²) in [5.74, 6) is 0.405. The predicted molar refractivity (Wildman–Crippen MR) is 113 cm³/mol. The van der Waals surface area contributed by atoms with E-state index >= 15 is 0 Å². The van der Waals surface area contributed by atoms with Crippen molar-refractivity contribution in [1.82, 2.24) is 9.97 Å². The van der Waals surface area contributed by atoms with Gasteiger partial charge in [0.15, 0.2) is 0 Å². The third kappa shape index (κ3) is 3.80. The molecule has 0 bridgehead atoms. The average Bonchev–Trinajstić information content (AvgIpc) is 2.78. The number of ether oxygens (including phenoxy) is 2. The molecule has 0 aliphatic heterocycles. The summed E-state index contributed by atoms with van der Waals surface area (Å²) in [6, 6.07) is 22.9. The van der Waals surface area contributed by atoms with E-state index in [4.69, 9.17) is 19.4 Å². The van der Waals surface area contributed by atoms with E-state index in [0.29, 0.717) is 23.2 Å². The third-order valence-electron chi connectivity index (χ3n) is 4.57. The summed E-state index contributed by atoms with van der Waals surface area (Å²) < 4.78 is 10.4. The molecule has 0 saturated heterocycles. The molecule has 5 nitrogen and oxygen atoms in total. The molecule has 3 aromatic carbocycles. The Kier molecular flexibility index (Phi) is 5.20. The van der Waals surface area contributed by atoms with Crippen LogP contribution in [0.2, 0.25) is 0 Å². The van der Waals surface area contributed by atoms with Crippen molar-refractivity contribution in [3.05, 3.63) is 78.4 Å². The highest BCUT2D eigenvalue weighted by Gasteiger charge is 2.15. The first-order valence-electron chi connectivity index (χ1n) is 9.38. The van der Waals surface area contributed by atoms with Gasteiger partial charge in [0.2, 0.25) is 0 Å². The molecule has 29 heavy (non-hydrogen) atoms. The Morgan fingerprint density at radius 3 is 2.14 bits per heavy atom. The van der Waals surface area contributed by atoms with Gasteiger partial charge in [0.1, 0.15) is 5.75 Å². The van der Waals surface area contributed by atoms with Gasteiger partial charge in [0, 0.05) is 11.1 Å². The van der Waals surface area contributed by atoms with Crippen LogP contribution in [0.4, 0.5) is 0 Å². The van der Waals surface area contributed by atoms with Gasteiger partial charge in [-0.25, -0.2) is 14.8 Å². The van der Waals surface area contributed by atoms with Crippen molar-refractivity contribution in [1.29, 1.82) is 0 Å².